The van der Waals surface area contributed by atoms with Crippen LogP contribution in [-0.2, 0) is 36.8 Å². The molecule has 0 saturated carbocycles. The first kappa shape index (κ1) is 42.8. The zero-order valence-corrected chi connectivity index (χ0v) is 29.0. The zero-order valence-electron chi connectivity index (χ0n) is 29.0. The molecule has 0 aliphatic heterocycles. The van der Waals surface area contributed by atoms with Crippen molar-refractivity contribution in [3.8, 4) is 5.75 Å². The lowest BCUT2D eigenvalue weighted by molar-refractivity contribution is -0.134. The molecule has 0 aromatic heterocycles. The Morgan fingerprint density at radius 2 is 1.32 bits per heavy atom. The Morgan fingerprint density at radius 3 is 1.86 bits per heavy atom. The number of nitrogens with one attached hydrogen (secondary N) is 3. The second-order valence-electron chi connectivity index (χ2n) is 11.9. The smallest absolute Gasteiger partial charge is 0.300 e. The molecule has 4 atom stereocenters. The Bertz CT molecular complexity index is 1420. The van der Waals surface area contributed by atoms with Crippen molar-refractivity contribution in [2.24, 2.45) is 33.7 Å². The minimum Gasteiger partial charge on any atom is -0.508 e. The molecule has 0 aliphatic carbocycles. The van der Waals surface area contributed by atoms with Crippen LogP contribution in [0.2, 0.25) is 0 Å². The Labute approximate surface area is 292 Å². The first-order valence-corrected chi connectivity index (χ1v) is 16.3. The molecule has 16 heteroatoms. The number of guanidine groups is 1. The van der Waals surface area contributed by atoms with Crippen molar-refractivity contribution in [3.05, 3.63) is 64.7 Å². The molecule has 4 amide bonds. The van der Waals surface area contributed by atoms with Crippen molar-refractivity contribution in [3.63, 3.8) is 0 Å². The number of carbonyl (C=O) groups is 5. The molecule has 0 spiro atoms. The summed E-state index contributed by atoms with van der Waals surface area (Å²) in [5, 5.41) is 25.6. The van der Waals surface area contributed by atoms with Gasteiger partial charge in [0.05, 0.1) is 6.04 Å². The third-order valence-electron chi connectivity index (χ3n) is 7.55. The van der Waals surface area contributed by atoms with Crippen molar-refractivity contribution in [1.82, 2.24) is 16.0 Å². The van der Waals surface area contributed by atoms with Crippen molar-refractivity contribution < 1.29 is 34.2 Å². The zero-order chi connectivity index (χ0) is 37.8. The van der Waals surface area contributed by atoms with E-state index in [1.54, 1.807) is 26.0 Å². The SMILES string of the molecule is CC(=O)O.Cc1cc(O)cc(C)c1CC(NC(=O)C(N)CCCN=C(N)N)C(=O)NC(CCCCN)C(=O)NC(Cc1ccccc1)C(N)=O. The lowest BCUT2D eigenvalue weighted by Gasteiger charge is -2.26. The number of aromatic hydroxyl groups is 1. The third kappa shape index (κ3) is 16.7. The molecule has 16 nitrogen and oxygen atoms in total. The number of unbranched alkanes of at least 4 members (excludes halogenated alkanes) is 1. The van der Waals surface area contributed by atoms with Gasteiger partial charge in [-0.2, -0.15) is 0 Å². The highest BCUT2D eigenvalue weighted by Gasteiger charge is 2.30. The van der Waals surface area contributed by atoms with E-state index in [9.17, 15) is 24.3 Å². The first-order chi connectivity index (χ1) is 23.5. The van der Waals surface area contributed by atoms with Crippen LogP contribution in [0.1, 0.15) is 61.3 Å². The molecule has 4 unspecified atom stereocenters. The van der Waals surface area contributed by atoms with E-state index in [2.05, 4.69) is 20.9 Å². The number of nitrogens with two attached hydrogens (primary N) is 5. The molecule has 0 bridgehead atoms. The Morgan fingerprint density at radius 1 is 0.780 bits per heavy atom. The average molecular weight is 700 g/mol. The van der Waals surface area contributed by atoms with E-state index in [0.29, 0.717) is 36.9 Å². The van der Waals surface area contributed by atoms with Gasteiger partial charge in [-0.3, -0.25) is 29.0 Å². The number of primary amides is 1. The molecule has 2 aromatic rings. The molecule has 0 saturated heterocycles. The molecule has 2 rings (SSSR count). The van der Waals surface area contributed by atoms with Crippen LogP contribution in [0.4, 0.5) is 0 Å². The second-order valence-corrected chi connectivity index (χ2v) is 11.9. The summed E-state index contributed by atoms with van der Waals surface area (Å²) < 4.78 is 0. The molecule has 15 N–H and O–H groups in total. The highest BCUT2D eigenvalue weighted by molar-refractivity contribution is 5.94. The van der Waals surface area contributed by atoms with Gasteiger partial charge in [-0.1, -0.05) is 30.3 Å². The van der Waals surface area contributed by atoms with Crippen LogP contribution in [0, 0.1) is 13.8 Å². The number of carboxylic acids is 1. The minimum absolute atomic E-state index is 0.0608. The number of benzene rings is 2. The maximum Gasteiger partial charge on any atom is 0.300 e. The van der Waals surface area contributed by atoms with Crippen molar-refractivity contribution >= 4 is 35.6 Å². The standard InChI is InChI=1S/C32H49N9O5.C2H4O2/c1-19-15-22(42)16-20(2)23(19)18-27(41-29(44)24(34)11-8-14-38-32(36)37)31(46)39-25(12-6-7-13-33)30(45)40-26(28(35)43)17-21-9-4-3-5-10-21;1-2(3)4/h3-5,9-10,15-16,24-27,42H,6-8,11-14,17-18,33-34H2,1-2H3,(H2,35,43)(H,39,46)(H,40,45)(H,41,44)(H4,36,37,38);1H3,(H,3,4). The van der Waals surface area contributed by atoms with Crippen LogP contribution in [0.15, 0.2) is 47.5 Å². The summed E-state index contributed by atoms with van der Waals surface area (Å²) in [7, 11) is 0. The molecule has 50 heavy (non-hydrogen) atoms. The van der Waals surface area contributed by atoms with Crippen LogP contribution in [0.5, 0.6) is 5.75 Å². The first-order valence-electron chi connectivity index (χ1n) is 16.3. The number of aliphatic imine (C=N–C) groups is 1. The summed E-state index contributed by atoms with van der Waals surface area (Å²) in [6.45, 7) is 5.33. The van der Waals surface area contributed by atoms with E-state index in [0.717, 1.165) is 18.1 Å². The number of aryl methyl sites for hydroxylation is 2. The van der Waals surface area contributed by atoms with Gasteiger partial charge in [-0.15, -0.1) is 0 Å². The highest BCUT2D eigenvalue weighted by Crippen LogP contribution is 2.22. The van der Waals surface area contributed by atoms with Crippen molar-refractivity contribution in [2.45, 2.75) is 89.9 Å². The van der Waals surface area contributed by atoms with E-state index in [1.807, 2.05) is 30.3 Å². The van der Waals surface area contributed by atoms with Gasteiger partial charge in [0.25, 0.3) is 5.97 Å². The predicted molar refractivity (Wildman–Crippen MR) is 191 cm³/mol. The number of amides is 4. The van der Waals surface area contributed by atoms with Crippen LogP contribution in [0.25, 0.3) is 0 Å². The van der Waals surface area contributed by atoms with Crippen LogP contribution in [0.3, 0.4) is 0 Å². The quantitative estimate of drug-likeness (QED) is 0.0498. The van der Waals surface area contributed by atoms with E-state index < -0.39 is 53.8 Å². The van der Waals surface area contributed by atoms with Gasteiger partial charge in [0.15, 0.2) is 5.96 Å². The minimum atomic E-state index is -1.13. The number of carbonyl (C=O) groups excluding carboxylic acids is 4. The molecular weight excluding hydrogens is 646 g/mol. The Hall–Kier alpha value is -5.22. The van der Waals surface area contributed by atoms with E-state index >= 15 is 0 Å². The number of carboxylic acid groups (broad SMARTS) is 1. The van der Waals surface area contributed by atoms with E-state index in [4.69, 9.17) is 38.6 Å². The number of aliphatic carboxylic acids is 1. The van der Waals surface area contributed by atoms with E-state index in [1.165, 1.54) is 0 Å². The molecule has 0 fully saturated rings. The number of hydrogen-bond acceptors (Lipinski definition) is 9. The fourth-order valence-corrected chi connectivity index (χ4v) is 5.01. The molecular formula is C34H53N9O7. The van der Waals surface area contributed by atoms with Crippen LogP contribution in [-0.4, -0.2) is 83.0 Å². The monoisotopic (exact) mass is 699 g/mol. The van der Waals surface area contributed by atoms with Gasteiger partial charge < -0.3 is 54.8 Å². The number of hydrogen-bond donors (Lipinski definition) is 10. The van der Waals surface area contributed by atoms with Gasteiger partial charge in [-0.05, 0) is 86.9 Å². The van der Waals surface area contributed by atoms with Crippen molar-refractivity contribution in [2.75, 3.05) is 13.1 Å². The summed E-state index contributed by atoms with van der Waals surface area (Å²) in [6, 6.07) is 8.07. The summed E-state index contributed by atoms with van der Waals surface area (Å²) in [4.78, 5) is 65.6. The van der Waals surface area contributed by atoms with Gasteiger partial charge in [0, 0.05) is 26.3 Å². The Kier molecular flexibility index (Phi) is 19.2. The number of phenolic OH excluding ortho intramolecular Hbond substituents is 1. The lowest BCUT2D eigenvalue weighted by Crippen LogP contribution is -2.58. The number of phenols is 1. The fraction of sp³-hybridized carbons (Fsp3) is 0.471. The largest absolute Gasteiger partial charge is 0.508 e. The summed E-state index contributed by atoms with van der Waals surface area (Å²) in [6.07, 6.45) is 2.27. The molecule has 276 valence electrons. The highest BCUT2D eigenvalue weighted by atomic mass is 16.4. The summed E-state index contributed by atoms with van der Waals surface area (Å²) in [5.41, 5.74) is 31.1. The third-order valence-corrected chi connectivity index (χ3v) is 7.55. The predicted octanol–water partition coefficient (Wildman–Crippen LogP) is -0.665. The Balaban J connectivity index is 0.00000295. The van der Waals surface area contributed by atoms with Gasteiger partial charge in [0.1, 0.15) is 23.9 Å². The van der Waals surface area contributed by atoms with Crippen molar-refractivity contribution in [1.29, 1.82) is 0 Å². The average Bonchev–Trinajstić information content (AvgIpc) is 3.03. The number of nitrogens with zero attached hydrogens (tertiary/aromatic N) is 1. The maximum atomic E-state index is 13.8. The number of rotatable bonds is 19. The normalized spacial score (nSPS) is 12.9. The maximum absolute atomic E-state index is 13.8. The van der Waals surface area contributed by atoms with E-state index in [-0.39, 0.29) is 43.9 Å². The lowest BCUT2D eigenvalue weighted by atomic mass is 9.95. The molecule has 2 aromatic carbocycles. The fourth-order valence-electron chi connectivity index (χ4n) is 5.01. The van der Waals surface area contributed by atoms with Crippen LogP contribution < -0.4 is 44.6 Å². The van der Waals surface area contributed by atoms with Gasteiger partial charge in [0.2, 0.25) is 23.6 Å². The van der Waals surface area contributed by atoms with Gasteiger partial charge >= 0.3 is 0 Å². The molecule has 0 heterocycles. The summed E-state index contributed by atoms with van der Waals surface area (Å²) >= 11 is 0. The second kappa shape index (κ2) is 22.4. The molecule has 0 radical (unpaired) electrons. The van der Waals surface area contributed by atoms with Crippen LogP contribution >= 0.6 is 0 Å². The summed E-state index contributed by atoms with van der Waals surface area (Å²) in [5.74, 6) is -3.34. The van der Waals surface area contributed by atoms with Gasteiger partial charge in [-0.25, -0.2) is 0 Å². The topological polar surface area (TPSA) is 304 Å². The molecule has 0 aliphatic rings.